The smallest absolute Gasteiger partial charge is 0.124 e. The lowest BCUT2D eigenvalue weighted by atomic mass is 10.1. The second-order valence-electron chi connectivity index (χ2n) is 5.79. The number of ether oxygens (including phenoxy) is 1. The molecule has 3 heteroatoms. The van der Waals surface area contributed by atoms with Crippen LogP contribution in [0.4, 0.5) is 0 Å². The molecule has 1 unspecified atom stereocenters. The van der Waals surface area contributed by atoms with E-state index in [1.807, 2.05) is 25.1 Å². The molecule has 1 aromatic rings. The first kappa shape index (κ1) is 18.3. The largest absolute Gasteiger partial charge is 0.493 e. The van der Waals surface area contributed by atoms with Gasteiger partial charge in [-0.3, -0.25) is 0 Å². The van der Waals surface area contributed by atoms with Crippen molar-refractivity contribution in [1.82, 2.24) is 0 Å². The highest BCUT2D eigenvalue weighted by Gasteiger charge is 2.08. The molecule has 0 aliphatic carbocycles. The average molecular weight is 312 g/mol. The van der Waals surface area contributed by atoms with Crippen LogP contribution >= 0.6 is 11.6 Å². The molecular formula is C18H30ClNO. The van der Waals surface area contributed by atoms with Gasteiger partial charge in [-0.05, 0) is 31.5 Å². The summed E-state index contributed by atoms with van der Waals surface area (Å²) in [6, 6.07) is 5.62. The third-order valence-corrected chi connectivity index (χ3v) is 3.95. The van der Waals surface area contributed by atoms with E-state index in [2.05, 4.69) is 6.92 Å². The van der Waals surface area contributed by atoms with E-state index in [9.17, 15) is 0 Å². The first-order valence-corrected chi connectivity index (χ1v) is 8.70. The SMILES string of the molecule is CCCCCCCCCCOc1ccc(Cl)cc1C(C)N. The summed E-state index contributed by atoms with van der Waals surface area (Å²) in [6.45, 7) is 4.97. The van der Waals surface area contributed by atoms with Gasteiger partial charge in [0, 0.05) is 16.6 Å². The summed E-state index contributed by atoms with van der Waals surface area (Å²) in [6.07, 6.45) is 10.5. The molecule has 21 heavy (non-hydrogen) atoms. The van der Waals surface area contributed by atoms with Gasteiger partial charge >= 0.3 is 0 Å². The average Bonchev–Trinajstić information content (AvgIpc) is 2.46. The molecule has 0 aliphatic heterocycles. The van der Waals surface area contributed by atoms with E-state index in [1.165, 1.54) is 44.9 Å². The van der Waals surface area contributed by atoms with Crippen LogP contribution in [0.3, 0.4) is 0 Å². The van der Waals surface area contributed by atoms with Crippen LogP contribution in [-0.4, -0.2) is 6.61 Å². The molecule has 0 bridgehead atoms. The molecule has 2 nitrogen and oxygen atoms in total. The zero-order valence-electron chi connectivity index (χ0n) is 13.5. The van der Waals surface area contributed by atoms with Gasteiger partial charge in [0.05, 0.1) is 6.61 Å². The predicted molar refractivity (Wildman–Crippen MR) is 92.2 cm³/mol. The normalized spacial score (nSPS) is 12.4. The quantitative estimate of drug-likeness (QED) is 0.518. The summed E-state index contributed by atoms with van der Waals surface area (Å²) in [7, 11) is 0. The van der Waals surface area contributed by atoms with Crippen molar-refractivity contribution in [3.8, 4) is 5.75 Å². The van der Waals surface area contributed by atoms with E-state index < -0.39 is 0 Å². The molecule has 1 atom stereocenters. The molecule has 0 fully saturated rings. The zero-order chi connectivity index (χ0) is 15.5. The Labute approximate surface area is 135 Å². The van der Waals surface area contributed by atoms with Gasteiger partial charge in [0.15, 0.2) is 0 Å². The highest BCUT2D eigenvalue weighted by atomic mass is 35.5. The van der Waals surface area contributed by atoms with Crippen LogP contribution in [-0.2, 0) is 0 Å². The molecule has 0 amide bonds. The number of unbranched alkanes of at least 4 members (excludes halogenated alkanes) is 7. The Hall–Kier alpha value is -0.730. The van der Waals surface area contributed by atoms with E-state index in [1.54, 1.807) is 0 Å². The molecule has 120 valence electrons. The molecule has 0 spiro atoms. The van der Waals surface area contributed by atoms with Crippen molar-refractivity contribution in [2.75, 3.05) is 6.61 Å². The van der Waals surface area contributed by atoms with Gasteiger partial charge in [0.2, 0.25) is 0 Å². The Morgan fingerprint density at radius 1 is 1.05 bits per heavy atom. The summed E-state index contributed by atoms with van der Waals surface area (Å²) < 4.78 is 5.86. The fourth-order valence-corrected chi connectivity index (χ4v) is 2.61. The van der Waals surface area contributed by atoms with Crippen LogP contribution in [0.5, 0.6) is 5.75 Å². The Balaban J connectivity index is 2.18. The van der Waals surface area contributed by atoms with Crippen LogP contribution < -0.4 is 10.5 Å². The van der Waals surface area contributed by atoms with Crippen LogP contribution in [0.2, 0.25) is 5.02 Å². The number of hydrogen-bond acceptors (Lipinski definition) is 2. The molecule has 0 radical (unpaired) electrons. The standard InChI is InChI=1S/C18H30ClNO/c1-3-4-5-6-7-8-9-10-13-21-18-12-11-16(19)14-17(18)15(2)20/h11-12,14-15H,3-10,13,20H2,1-2H3. The maximum Gasteiger partial charge on any atom is 0.124 e. The van der Waals surface area contributed by atoms with Crippen molar-refractivity contribution in [3.63, 3.8) is 0 Å². The molecule has 0 aliphatic rings. The summed E-state index contributed by atoms with van der Waals surface area (Å²) in [5.41, 5.74) is 6.94. The molecular weight excluding hydrogens is 282 g/mol. The third-order valence-electron chi connectivity index (χ3n) is 3.72. The van der Waals surface area contributed by atoms with Gasteiger partial charge in [-0.2, -0.15) is 0 Å². The van der Waals surface area contributed by atoms with Crippen molar-refractivity contribution in [2.24, 2.45) is 5.73 Å². The summed E-state index contributed by atoms with van der Waals surface area (Å²) in [5, 5.41) is 0.710. The van der Waals surface area contributed by atoms with Gasteiger partial charge in [-0.15, -0.1) is 0 Å². The van der Waals surface area contributed by atoms with E-state index in [-0.39, 0.29) is 6.04 Å². The van der Waals surface area contributed by atoms with Crippen molar-refractivity contribution >= 4 is 11.6 Å². The Bertz CT molecular complexity index is 393. The number of rotatable bonds is 11. The number of benzene rings is 1. The zero-order valence-corrected chi connectivity index (χ0v) is 14.3. The van der Waals surface area contributed by atoms with Crippen LogP contribution in [0.15, 0.2) is 18.2 Å². The number of hydrogen-bond donors (Lipinski definition) is 1. The van der Waals surface area contributed by atoms with Crippen LogP contribution in [0, 0.1) is 0 Å². The van der Waals surface area contributed by atoms with E-state index in [0.29, 0.717) is 5.02 Å². The number of nitrogens with two attached hydrogens (primary N) is 1. The Kier molecular flexibility index (Phi) is 9.53. The Morgan fingerprint density at radius 2 is 1.67 bits per heavy atom. The van der Waals surface area contributed by atoms with Crippen molar-refractivity contribution in [2.45, 2.75) is 71.3 Å². The Morgan fingerprint density at radius 3 is 2.29 bits per heavy atom. The number of halogens is 1. The predicted octanol–water partition coefficient (Wildman–Crippen LogP) is 5.88. The second kappa shape index (κ2) is 10.9. The first-order chi connectivity index (χ1) is 10.1. The maximum absolute atomic E-state index is 6.00. The van der Waals surface area contributed by atoms with E-state index in [4.69, 9.17) is 22.1 Å². The van der Waals surface area contributed by atoms with E-state index in [0.717, 1.165) is 24.3 Å². The molecule has 0 aromatic heterocycles. The first-order valence-electron chi connectivity index (χ1n) is 8.33. The summed E-state index contributed by atoms with van der Waals surface area (Å²) >= 11 is 6.00. The summed E-state index contributed by atoms with van der Waals surface area (Å²) in [4.78, 5) is 0. The van der Waals surface area contributed by atoms with Gasteiger partial charge in [0.25, 0.3) is 0 Å². The van der Waals surface area contributed by atoms with Crippen molar-refractivity contribution in [1.29, 1.82) is 0 Å². The molecule has 1 rings (SSSR count). The molecule has 0 saturated heterocycles. The van der Waals surface area contributed by atoms with Gasteiger partial charge in [0.1, 0.15) is 5.75 Å². The molecule has 0 saturated carbocycles. The molecule has 0 heterocycles. The van der Waals surface area contributed by atoms with Crippen LogP contribution in [0.1, 0.15) is 76.8 Å². The fourth-order valence-electron chi connectivity index (χ4n) is 2.42. The lowest BCUT2D eigenvalue weighted by molar-refractivity contribution is 0.300. The van der Waals surface area contributed by atoms with Gasteiger partial charge in [-0.25, -0.2) is 0 Å². The maximum atomic E-state index is 6.00. The lowest BCUT2D eigenvalue weighted by Gasteiger charge is -2.14. The topological polar surface area (TPSA) is 35.2 Å². The fraction of sp³-hybridized carbons (Fsp3) is 0.667. The van der Waals surface area contributed by atoms with E-state index >= 15 is 0 Å². The third kappa shape index (κ3) is 7.73. The van der Waals surface area contributed by atoms with Crippen molar-refractivity contribution < 1.29 is 4.74 Å². The minimum Gasteiger partial charge on any atom is -0.493 e. The van der Waals surface area contributed by atoms with Gasteiger partial charge < -0.3 is 10.5 Å². The van der Waals surface area contributed by atoms with Gasteiger partial charge in [-0.1, -0.05) is 63.5 Å². The minimum absolute atomic E-state index is 0.0581. The second-order valence-corrected chi connectivity index (χ2v) is 6.23. The highest BCUT2D eigenvalue weighted by molar-refractivity contribution is 6.30. The molecule has 1 aromatic carbocycles. The highest BCUT2D eigenvalue weighted by Crippen LogP contribution is 2.27. The monoisotopic (exact) mass is 311 g/mol. The minimum atomic E-state index is -0.0581. The van der Waals surface area contributed by atoms with Crippen molar-refractivity contribution in [3.05, 3.63) is 28.8 Å². The molecule has 2 N–H and O–H groups in total. The summed E-state index contributed by atoms with van der Waals surface area (Å²) in [5.74, 6) is 0.873. The van der Waals surface area contributed by atoms with Crippen LogP contribution in [0.25, 0.3) is 0 Å². The lowest BCUT2D eigenvalue weighted by Crippen LogP contribution is -2.08.